The predicted octanol–water partition coefficient (Wildman–Crippen LogP) is 4.67. The zero-order chi connectivity index (χ0) is 19.7. The average molecular weight is 380 g/mol. The highest BCUT2D eigenvalue weighted by atomic mass is 19.1. The molecule has 1 aromatic heterocycles. The van der Waals surface area contributed by atoms with Gasteiger partial charge in [-0.1, -0.05) is 18.2 Å². The Labute approximate surface area is 163 Å². The lowest BCUT2D eigenvalue weighted by molar-refractivity contribution is 0.243. The molecule has 2 aromatic carbocycles. The van der Waals surface area contributed by atoms with Crippen LogP contribution in [-0.2, 0) is 19.5 Å². The lowest BCUT2D eigenvalue weighted by atomic mass is 10.0. The summed E-state index contributed by atoms with van der Waals surface area (Å²) in [5, 5.41) is 2.83. The summed E-state index contributed by atoms with van der Waals surface area (Å²) >= 11 is 0. The molecule has 4 nitrogen and oxygen atoms in total. The van der Waals surface area contributed by atoms with Gasteiger partial charge in [-0.15, -0.1) is 0 Å². The van der Waals surface area contributed by atoms with Crippen molar-refractivity contribution in [3.8, 4) is 0 Å². The summed E-state index contributed by atoms with van der Waals surface area (Å²) in [6.45, 7) is 6.84. The topological polar surface area (TPSA) is 41.1 Å². The van der Waals surface area contributed by atoms with Crippen LogP contribution < -0.4 is 5.32 Å². The number of hydrogen-bond donors (Lipinski definition) is 1. The van der Waals surface area contributed by atoms with Crippen LogP contribution in [0.15, 0.2) is 42.6 Å². The van der Waals surface area contributed by atoms with Gasteiger partial charge in [0.1, 0.15) is 11.6 Å². The molecule has 0 spiro atoms. The van der Waals surface area contributed by atoms with E-state index in [-0.39, 0.29) is 5.69 Å². The van der Waals surface area contributed by atoms with Gasteiger partial charge in [-0.25, -0.2) is 18.7 Å². The van der Waals surface area contributed by atoms with Crippen molar-refractivity contribution in [1.82, 2.24) is 14.9 Å². The van der Waals surface area contributed by atoms with Crippen LogP contribution in [0.2, 0.25) is 0 Å². The molecule has 0 unspecified atom stereocenters. The van der Waals surface area contributed by atoms with E-state index in [1.165, 1.54) is 28.8 Å². The number of anilines is 2. The van der Waals surface area contributed by atoms with Gasteiger partial charge in [0.05, 0.1) is 11.4 Å². The highest BCUT2D eigenvalue weighted by Crippen LogP contribution is 2.23. The quantitative estimate of drug-likeness (QED) is 0.714. The van der Waals surface area contributed by atoms with E-state index in [0.717, 1.165) is 43.4 Å². The second-order valence-corrected chi connectivity index (χ2v) is 7.29. The van der Waals surface area contributed by atoms with E-state index in [0.29, 0.717) is 5.95 Å². The molecule has 0 amide bonds. The molecule has 4 rings (SSSR count). The highest BCUT2D eigenvalue weighted by Gasteiger charge is 2.19. The largest absolute Gasteiger partial charge is 0.322 e. The minimum absolute atomic E-state index is 0.161. The van der Waals surface area contributed by atoms with Crippen LogP contribution in [0.5, 0.6) is 0 Å². The first kappa shape index (κ1) is 18.5. The summed E-state index contributed by atoms with van der Waals surface area (Å²) in [5.74, 6) is -0.953. The van der Waals surface area contributed by atoms with E-state index >= 15 is 0 Å². The highest BCUT2D eigenvalue weighted by molar-refractivity contribution is 5.54. The molecule has 1 aliphatic rings. The van der Waals surface area contributed by atoms with Crippen LogP contribution in [0.25, 0.3) is 0 Å². The Morgan fingerprint density at radius 1 is 1.07 bits per heavy atom. The number of fused-ring (bicyclic) bond motifs is 1. The molecule has 0 saturated heterocycles. The SMILES string of the molecule is Cc1ccc(CN2CCc3nc(Nc4ccc(F)cc4F)ncc3C2)cc1C. The maximum Gasteiger partial charge on any atom is 0.227 e. The van der Waals surface area contributed by atoms with Crippen molar-refractivity contribution >= 4 is 11.6 Å². The molecule has 1 N–H and O–H groups in total. The van der Waals surface area contributed by atoms with Crippen molar-refractivity contribution in [3.63, 3.8) is 0 Å². The molecule has 6 heteroatoms. The summed E-state index contributed by atoms with van der Waals surface area (Å²) in [6, 6.07) is 9.97. The van der Waals surface area contributed by atoms with E-state index in [2.05, 4.69) is 52.2 Å². The van der Waals surface area contributed by atoms with Crippen molar-refractivity contribution in [1.29, 1.82) is 0 Å². The Bertz CT molecular complexity index is 1020. The molecule has 0 aliphatic carbocycles. The van der Waals surface area contributed by atoms with Crippen LogP contribution in [0.3, 0.4) is 0 Å². The zero-order valence-corrected chi connectivity index (χ0v) is 16.0. The number of halogens is 2. The fourth-order valence-electron chi connectivity index (χ4n) is 3.44. The lowest BCUT2D eigenvalue weighted by Gasteiger charge is -2.28. The molecule has 0 atom stereocenters. The van der Waals surface area contributed by atoms with E-state index in [9.17, 15) is 8.78 Å². The Morgan fingerprint density at radius 3 is 2.71 bits per heavy atom. The predicted molar refractivity (Wildman–Crippen MR) is 105 cm³/mol. The maximum absolute atomic E-state index is 13.8. The molecule has 1 aliphatic heterocycles. The molecule has 0 fully saturated rings. The first-order chi connectivity index (χ1) is 13.5. The van der Waals surface area contributed by atoms with Gasteiger partial charge in [0.25, 0.3) is 0 Å². The van der Waals surface area contributed by atoms with Gasteiger partial charge >= 0.3 is 0 Å². The number of aryl methyl sites for hydroxylation is 2. The fraction of sp³-hybridized carbons (Fsp3) is 0.273. The third-order valence-corrected chi connectivity index (χ3v) is 5.17. The van der Waals surface area contributed by atoms with Gasteiger partial charge in [0.15, 0.2) is 0 Å². The summed E-state index contributed by atoms with van der Waals surface area (Å²) in [4.78, 5) is 11.2. The fourth-order valence-corrected chi connectivity index (χ4v) is 3.44. The third kappa shape index (κ3) is 4.02. The molecular weight excluding hydrogens is 358 g/mol. The smallest absolute Gasteiger partial charge is 0.227 e. The van der Waals surface area contributed by atoms with E-state index in [4.69, 9.17) is 0 Å². The van der Waals surface area contributed by atoms with Gasteiger partial charge in [0, 0.05) is 43.9 Å². The molecule has 2 heterocycles. The van der Waals surface area contributed by atoms with Gasteiger partial charge in [-0.2, -0.15) is 0 Å². The molecule has 144 valence electrons. The molecule has 0 bridgehead atoms. The van der Waals surface area contributed by atoms with E-state index in [1.54, 1.807) is 6.20 Å². The third-order valence-electron chi connectivity index (χ3n) is 5.17. The zero-order valence-electron chi connectivity index (χ0n) is 16.0. The van der Waals surface area contributed by atoms with Crippen molar-refractivity contribution in [2.75, 3.05) is 11.9 Å². The van der Waals surface area contributed by atoms with Crippen molar-refractivity contribution in [2.24, 2.45) is 0 Å². The minimum atomic E-state index is -0.666. The summed E-state index contributed by atoms with van der Waals surface area (Å²) in [7, 11) is 0. The summed E-state index contributed by atoms with van der Waals surface area (Å²) in [5.41, 5.74) is 6.13. The number of nitrogens with one attached hydrogen (secondary N) is 1. The Hall–Kier alpha value is -2.86. The molecular formula is C22H22F2N4. The number of benzene rings is 2. The normalized spacial score (nSPS) is 14.0. The van der Waals surface area contributed by atoms with Crippen LogP contribution >= 0.6 is 0 Å². The van der Waals surface area contributed by atoms with Crippen LogP contribution in [0, 0.1) is 25.5 Å². The van der Waals surface area contributed by atoms with Gasteiger partial charge < -0.3 is 5.32 Å². The first-order valence-electron chi connectivity index (χ1n) is 9.33. The van der Waals surface area contributed by atoms with Crippen LogP contribution in [0.1, 0.15) is 27.9 Å². The second-order valence-electron chi connectivity index (χ2n) is 7.29. The van der Waals surface area contributed by atoms with Crippen LogP contribution in [0.4, 0.5) is 20.4 Å². The van der Waals surface area contributed by atoms with Crippen molar-refractivity contribution in [3.05, 3.63) is 82.2 Å². The van der Waals surface area contributed by atoms with E-state index < -0.39 is 11.6 Å². The van der Waals surface area contributed by atoms with Gasteiger partial charge in [-0.05, 0) is 42.7 Å². The maximum atomic E-state index is 13.8. The number of rotatable bonds is 4. The van der Waals surface area contributed by atoms with Crippen molar-refractivity contribution < 1.29 is 8.78 Å². The van der Waals surface area contributed by atoms with Gasteiger partial charge in [-0.3, -0.25) is 4.90 Å². The van der Waals surface area contributed by atoms with Crippen molar-refractivity contribution in [2.45, 2.75) is 33.4 Å². The molecule has 3 aromatic rings. The molecule has 0 radical (unpaired) electrons. The van der Waals surface area contributed by atoms with Crippen LogP contribution in [-0.4, -0.2) is 21.4 Å². The Morgan fingerprint density at radius 2 is 1.93 bits per heavy atom. The van der Waals surface area contributed by atoms with Gasteiger partial charge in [0.2, 0.25) is 5.95 Å². The average Bonchev–Trinajstić information content (AvgIpc) is 2.67. The Balaban J connectivity index is 1.46. The number of aromatic nitrogens is 2. The lowest BCUT2D eigenvalue weighted by Crippen LogP contribution is -2.31. The van der Waals surface area contributed by atoms with E-state index in [1.807, 2.05) is 0 Å². The summed E-state index contributed by atoms with van der Waals surface area (Å²) < 4.78 is 26.9. The number of hydrogen-bond acceptors (Lipinski definition) is 4. The standard InChI is InChI=1S/C22H22F2N4/c1-14-3-4-16(9-15(14)2)12-28-8-7-20-17(13-28)11-25-22(26-20)27-21-6-5-18(23)10-19(21)24/h3-6,9-11H,7-8,12-13H2,1-2H3,(H,25,26,27). The Kier molecular flexibility index (Phi) is 5.05. The minimum Gasteiger partial charge on any atom is -0.322 e. The second kappa shape index (κ2) is 7.64. The monoisotopic (exact) mass is 380 g/mol. The molecule has 28 heavy (non-hydrogen) atoms. The summed E-state index contributed by atoms with van der Waals surface area (Å²) in [6.07, 6.45) is 2.60. The number of nitrogens with zero attached hydrogens (tertiary/aromatic N) is 3. The first-order valence-corrected chi connectivity index (χ1v) is 9.33. The molecule has 0 saturated carbocycles.